The van der Waals surface area contributed by atoms with Crippen molar-refractivity contribution in [2.24, 2.45) is 0 Å². The van der Waals surface area contributed by atoms with Gasteiger partial charge in [-0.3, -0.25) is 10.1 Å². The number of oxazole rings is 1. The molecule has 0 spiro atoms. The Labute approximate surface area is 213 Å². The molecule has 0 atom stereocenters. The Morgan fingerprint density at radius 3 is 2.69 bits per heavy atom. The predicted octanol–water partition coefficient (Wildman–Crippen LogP) is 6.27. The van der Waals surface area contributed by atoms with Crippen molar-refractivity contribution < 1.29 is 18.7 Å². The fourth-order valence-electron chi connectivity index (χ4n) is 3.95. The van der Waals surface area contributed by atoms with Crippen LogP contribution in [0.1, 0.15) is 10.4 Å². The molecule has 6 rings (SSSR count). The summed E-state index contributed by atoms with van der Waals surface area (Å²) >= 11 is 8.94. The van der Waals surface area contributed by atoms with Crippen LogP contribution in [0.25, 0.3) is 33.3 Å². The number of nitrogens with one attached hydrogen (secondary N) is 2. The molecule has 0 bridgehead atoms. The van der Waals surface area contributed by atoms with E-state index >= 15 is 0 Å². The van der Waals surface area contributed by atoms with E-state index in [1.54, 1.807) is 18.2 Å². The van der Waals surface area contributed by atoms with Gasteiger partial charge in [-0.05, 0) is 71.5 Å². The van der Waals surface area contributed by atoms with Gasteiger partial charge in [0.25, 0.3) is 5.91 Å². The van der Waals surface area contributed by atoms with Gasteiger partial charge in [-0.25, -0.2) is 4.98 Å². The zero-order valence-corrected chi connectivity index (χ0v) is 20.4. The van der Waals surface area contributed by atoms with Crippen LogP contribution in [0.5, 0.6) is 11.5 Å². The van der Waals surface area contributed by atoms with Gasteiger partial charge >= 0.3 is 0 Å². The van der Waals surface area contributed by atoms with Crippen molar-refractivity contribution in [2.75, 3.05) is 12.1 Å². The number of rotatable bonds is 3. The van der Waals surface area contributed by atoms with Crippen LogP contribution in [-0.2, 0) is 0 Å². The normalized spacial score (nSPS) is 12.1. The number of ether oxygens (including phenoxy) is 2. The maximum absolute atomic E-state index is 12.6. The minimum Gasteiger partial charge on any atom is -0.454 e. The molecular weight excluding hydrogens is 530 g/mol. The summed E-state index contributed by atoms with van der Waals surface area (Å²) in [5.74, 6) is 1.31. The Kier molecular flexibility index (Phi) is 5.35. The summed E-state index contributed by atoms with van der Waals surface area (Å²) < 4.78 is 17.7. The number of carbonyl (C=O) groups is 1. The molecule has 1 aliphatic rings. The monoisotopic (exact) mass is 545 g/mol. The number of thiocarbonyl (C=S) groups is 1. The zero-order valence-electron chi connectivity index (χ0n) is 18.0. The van der Waals surface area contributed by atoms with Crippen LogP contribution in [0.3, 0.4) is 0 Å². The molecule has 172 valence electrons. The number of aromatic nitrogens is 1. The standard InChI is InChI=1S/C26H16BrN3O4S/c27-19-6-2-3-16-17(19)4-1-5-18(16)25-29-20-12-15(8-10-21(20)34-25)28-26(35)30-24(31)14-7-9-22-23(11-14)33-13-32-22/h1-12H,13H2,(H2,28,30,31,35). The van der Waals surface area contributed by atoms with Crippen molar-refractivity contribution in [3.05, 3.63) is 82.8 Å². The molecule has 0 saturated carbocycles. The van der Waals surface area contributed by atoms with Crippen LogP contribution in [0.15, 0.2) is 81.7 Å². The van der Waals surface area contributed by atoms with Gasteiger partial charge in [0.15, 0.2) is 22.2 Å². The molecule has 1 aliphatic heterocycles. The van der Waals surface area contributed by atoms with Crippen LogP contribution in [0, 0.1) is 0 Å². The van der Waals surface area contributed by atoms with Crippen LogP contribution < -0.4 is 20.1 Å². The lowest BCUT2D eigenvalue weighted by Gasteiger charge is -2.09. The van der Waals surface area contributed by atoms with Crippen molar-refractivity contribution in [3.8, 4) is 23.0 Å². The van der Waals surface area contributed by atoms with E-state index in [2.05, 4.69) is 26.6 Å². The second kappa shape index (κ2) is 8.68. The van der Waals surface area contributed by atoms with E-state index in [9.17, 15) is 4.79 Å². The van der Waals surface area contributed by atoms with Gasteiger partial charge in [0.1, 0.15) is 5.52 Å². The van der Waals surface area contributed by atoms with Gasteiger partial charge in [-0.1, -0.05) is 40.2 Å². The molecule has 2 heterocycles. The summed E-state index contributed by atoms with van der Waals surface area (Å²) in [5, 5.41) is 7.99. The predicted molar refractivity (Wildman–Crippen MR) is 141 cm³/mol. The first-order chi connectivity index (χ1) is 17.0. The Morgan fingerprint density at radius 1 is 0.943 bits per heavy atom. The number of halogens is 1. The third-order valence-electron chi connectivity index (χ3n) is 5.61. The molecule has 9 heteroatoms. The lowest BCUT2D eigenvalue weighted by molar-refractivity contribution is 0.0977. The summed E-state index contributed by atoms with van der Waals surface area (Å²) in [6, 6.07) is 22.5. The average molecular weight is 546 g/mol. The minimum absolute atomic E-state index is 0.144. The molecule has 7 nitrogen and oxygen atoms in total. The van der Waals surface area contributed by atoms with Crippen LogP contribution in [0.2, 0.25) is 0 Å². The maximum atomic E-state index is 12.6. The SMILES string of the molecule is O=C(NC(=S)Nc1ccc2oc(-c3cccc4c(Br)cccc34)nc2c1)c1ccc2c(c1)OCO2. The van der Waals surface area contributed by atoms with Crippen molar-refractivity contribution in [3.63, 3.8) is 0 Å². The second-order valence-electron chi connectivity index (χ2n) is 7.82. The smallest absolute Gasteiger partial charge is 0.257 e. The molecule has 0 unspecified atom stereocenters. The van der Waals surface area contributed by atoms with Crippen LogP contribution in [-0.4, -0.2) is 22.8 Å². The molecule has 2 N–H and O–H groups in total. The minimum atomic E-state index is -0.354. The largest absolute Gasteiger partial charge is 0.454 e. The van der Waals surface area contributed by atoms with E-state index in [0.717, 1.165) is 20.8 Å². The Balaban J connectivity index is 1.22. The highest BCUT2D eigenvalue weighted by Crippen LogP contribution is 2.34. The first kappa shape index (κ1) is 21.6. The average Bonchev–Trinajstić information content (AvgIpc) is 3.50. The molecule has 0 fully saturated rings. The highest BCUT2D eigenvalue weighted by atomic mass is 79.9. The van der Waals surface area contributed by atoms with Gasteiger partial charge in [0, 0.05) is 21.3 Å². The second-order valence-corrected chi connectivity index (χ2v) is 9.08. The van der Waals surface area contributed by atoms with Gasteiger partial charge < -0.3 is 19.2 Å². The molecule has 1 amide bonds. The van der Waals surface area contributed by atoms with Gasteiger partial charge in [0.2, 0.25) is 12.7 Å². The molecular formula is C26H16BrN3O4S. The Bertz CT molecular complexity index is 1650. The fraction of sp³-hybridized carbons (Fsp3) is 0.0385. The Hall–Kier alpha value is -3.95. The molecule has 5 aromatic rings. The number of hydrogen-bond acceptors (Lipinski definition) is 6. The van der Waals surface area contributed by atoms with Crippen molar-refractivity contribution in [1.82, 2.24) is 10.3 Å². The summed E-state index contributed by atoms with van der Waals surface area (Å²) in [5.41, 5.74) is 3.31. The van der Waals surface area contributed by atoms with E-state index in [1.165, 1.54) is 0 Å². The molecule has 1 aromatic heterocycles. The van der Waals surface area contributed by atoms with Crippen molar-refractivity contribution in [1.29, 1.82) is 0 Å². The Morgan fingerprint density at radius 2 is 1.77 bits per heavy atom. The van der Waals surface area contributed by atoms with Crippen LogP contribution in [0.4, 0.5) is 5.69 Å². The van der Waals surface area contributed by atoms with Gasteiger partial charge in [0.05, 0.1) is 0 Å². The number of benzene rings is 4. The van der Waals surface area contributed by atoms with Crippen LogP contribution >= 0.6 is 28.1 Å². The van der Waals surface area contributed by atoms with E-state index in [4.69, 9.17) is 31.1 Å². The van der Waals surface area contributed by atoms with Crippen molar-refractivity contribution in [2.45, 2.75) is 0 Å². The van der Waals surface area contributed by atoms with Gasteiger partial charge in [-0.15, -0.1) is 0 Å². The first-order valence-corrected chi connectivity index (χ1v) is 11.9. The van der Waals surface area contributed by atoms with Gasteiger partial charge in [-0.2, -0.15) is 0 Å². The highest BCUT2D eigenvalue weighted by Gasteiger charge is 2.17. The number of nitrogens with zero attached hydrogens (tertiary/aromatic N) is 1. The topological polar surface area (TPSA) is 85.6 Å². The zero-order chi connectivity index (χ0) is 23.9. The number of carbonyl (C=O) groups excluding carboxylic acids is 1. The van der Waals surface area contributed by atoms with E-state index in [-0.39, 0.29) is 17.8 Å². The number of anilines is 1. The lowest BCUT2D eigenvalue weighted by atomic mass is 10.0. The lowest BCUT2D eigenvalue weighted by Crippen LogP contribution is -2.34. The maximum Gasteiger partial charge on any atom is 0.257 e. The quantitative estimate of drug-likeness (QED) is 0.258. The highest BCUT2D eigenvalue weighted by molar-refractivity contribution is 9.10. The molecule has 0 radical (unpaired) electrons. The third kappa shape index (κ3) is 4.09. The number of amides is 1. The third-order valence-corrected chi connectivity index (χ3v) is 6.50. The first-order valence-electron chi connectivity index (χ1n) is 10.7. The summed E-state index contributed by atoms with van der Waals surface area (Å²) in [6.45, 7) is 0.144. The van der Waals surface area contributed by atoms with E-state index < -0.39 is 0 Å². The van der Waals surface area contributed by atoms with E-state index in [0.29, 0.717) is 39.7 Å². The molecule has 35 heavy (non-hydrogen) atoms. The van der Waals surface area contributed by atoms with Crippen molar-refractivity contribution >= 4 is 66.7 Å². The summed E-state index contributed by atoms with van der Waals surface area (Å²) in [4.78, 5) is 17.3. The number of hydrogen-bond donors (Lipinski definition) is 2. The molecule has 0 aliphatic carbocycles. The molecule has 4 aromatic carbocycles. The summed E-state index contributed by atoms with van der Waals surface area (Å²) in [7, 11) is 0. The number of fused-ring (bicyclic) bond motifs is 3. The fourth-order valence-corrected chi connectivity index (χ4v) is 4.66. The molecule has 0 saturated heterocycles. The summed E-state index contributed by atoms with van der Waals surface area (Å²) in [6.07, 6.45) is 0. The van der Waals surface area contributed by atoms with E-state index in [1.807, 2.05) is 54.6 Å².